The summed E-state index contributed by atoms with van der Waals surface area (Å²) in [5, 5.41) is 9.35. The van der Waals surface area contributed by atoms with Gasteiger partial charge in [0.25, 0.3) is 0 Å². The maximum Gasteiger partial charge on any atom is 0 e. The third kappa shape index (κ3) is 25.0. The van der Waals surface area contributed by atoms with E-state index in [-0.39, 0.29) is 159 Å². The summed E-state index contributed by atoms with van der Waals surface area (Å²) in [6.45, 7) is 3.30. The number of carbonyl (C=O) groups excluding carboxylic acids is 1. The maximum atomic E-state index is 11.1. The average Bonchev–Trinajstić information content (AvgIpc) is 2.03. The van der Waals surface area contributed by atoms with Crippen molar-refractivity contribution in [3.63, 3.8) is 0 Å². The van der Waals surface area contributed by atoms with Crippen LogP contribution in [0.1, 0.15) is 13.8 Å². The molecule has 0 aromatic heterocycles. The summed E-state index contributed by atoms with van der Waals surface area (Å²) in [4.78, 5) is 14.8. The summed E-state index contributed by atoms with van der Waals surface area (Å²) in [5.41, 5.74) is 0.0376. The number of amides is 1. The number of nitrogens with zero attached hydrogens (tertiary/aromatic N) is 2. The smallest absolute Gasteiger partial charge is 0 e. The zero-order valence-electron chi connectivity index (χ0n) is 9.92. The first kappa shape index (κ1) is 49.8. The molecule has 0 aromatic carbocycles. The zero-order chi connectivity index (χ0) is 10.4. The minimum atomic E-state index is -0.477. The quantitative estimate of drug-likeness (QED) is 0.196. The number of allylic oxidation sites excluding steroid dienone is 1. The van der Waals surface area contributed by atoms with Gasteiger partial charge in [-0.05, 0) is 0 Å². The first-order valence-corrected chi connectivity index (χ1v) is 6.01. The molecule has 0 saturated heterocycles. The van der Waals surface area contributed by atoms with Gasteiger partial charge in [0.15, 0.2) is 0 Å². The van der Waals surface area contributed by atoms with E-state index in [0.717, 1.165) is 43.0 Å². The van der Waals surface area contributed by atoms with Gasteiger partial charge in [-0.1, -0.05) is 0 Å². The molecule has 0 aliphatic heterocycles. The molecular formula is C7H7N2O2W9-. The van der Waals surface area contributed by atoms with Crippen LogP contribution in [0.5, 0.6) is 0 Å². The van der Waals surface area contributed by atoms with Crippen molar-refractivity contribution in [2.24, 2.45) is 8.49 Å². The third-order valence-corrected chi connectivity index (χ3v) is 1.96. The minimum absolute atomic E-state index is 0. The van der Waals surface area contributed by atoms with Crippen molar-refractivity contribution in [1.82, 2.24) is 0 Å². The topological polar surface area (TPSA) is 62.0 Å². The number of hydrogen-bond donors (Lipinski definition) is 1. The van der Waals surface area contributed by atoms with Crippen LogP contribution in [0, 0.1) is 6.08 Å². The standard InChI is InChI=1S/C7H7N2O2.9W/c1-3-5(6(8)10)7(11)9-4-2;;;;;;;;;/h11H,1-2H3;;;;;;;;;/q-1;;;;;;;;;. The normalized spacial score (nSPS) is 8.10. The Labute approximate surface area is 241 Å². The molecule has 0 spiro atoms. The summed E-state index contributed by atoms with van der Waals surface area (Å²) < 4.78 is 4.24. The van der Waals surface area contributed by atoms with Crippen LogP contribution in [0.4, 0.5) is 0 Å². The molecule has 0 rings (SSSR count). The van der Waals surface area contributed by atoms with Gasteiger partial charge in [-0.2, -0.15) is 0 Å². The SMILES string of the molecule is C[C-]=C(C(=O)[N]=[W])C(O)=N[C](C)=[W].[W].[W].[W].[W].[W].[W].[W]. The first-order valence-electron chi connectivity index (χ1n) is 3.24. The first-order chi connectivity index (χ1) is 6.02. The summed E-state index contributed by atoms with van der Waals surface area (Å²) in [5.74, 6) is -0.778. The van der Waals surface area contributed by atoms with Gasteiger partial charge < -0.3 is 0 Å². The van der Waals surface area contributed by atoms with E-state index in [1.165, 1.54) is 6.92 Å². The van der Waals surface area contributed by atoms with Crippen LogP contribution in [0.2, 0.25) is 0 Å². The van der Waals surface area contributed by atoms with E-state index >= 15 is 0 Å². The number of aliphatic imine (C=N–C) groups is 1. The molecule has 0 aliphatic rings. The Morgan fingerprint density at radius 3 is 1.60 bits per heavy atom. The van der Waals surface area contributed by atoms with Crippen molar-refractivity contribution in [1.29, 1.82) is 0 Å². The van der Waals surface area contributed by atoms with Crippen molar-refractivity contribution >= 4 is 15.8 Å². The van der Waals surface area contributed by atoms with E-state index < -0.39 is 5.91 Å². The molecule has 0 bridgehead atoms. The van der Waals surface area contributed by atoms with Crippen LogP contribution < -0.4 is 0 Å². The molecule has 112 valence electrons. The number of rotatable bonds is 3. The summed E-state index contributed by atoms with van der Waals surface area (Å²) in [7, 11) is 0. The predicted octanol–water partition coefficient (Wildman–Crippen LogP) is 0.628. The number of carbonyl (C=O) groups is 1. The molecule has 4 nitrogen and oxygen atoms in total. The van der Waals surface area contributed by atoms with E-state index in [4.69, 9.17) is 0 Å². The van der Waals surface area contributed by atoms with Gasteiger partial charge in [-0.15, -0.1) is 0 Å². The molecule has 0 heterocycles. The van der Waals surface area contributed by atoms with Crippen molar-refractivity contribution in [2.45, 2.75) is 13.8 Å². The molecule has 0 aromatic rings. The molecule has 0 fully saturated rings. The van der Waals surface area contributed by atoms with E-state index in [2.05, 4.69) is 14.6 Å². The Hall–Kier alpha value is 4.74. The van der Waals surface area contributed by atoms with Crippen molar-refractivity contribution < 1.29 is 196 Å². The fourth-order valence-corrected chi connectivity index (χ4v) is 1.20. The number of aliphatic hydroxyl groups excluding tert-OH is 1. The van der Waals surface area contributed by atoms with Crippen molar-refractivity contribution in [3.05, 3.63) is 11.6 Å². The molecule has 1 amide bonds. The van der Waals surface area contributed by atoms with E-state index in [1.54, 1.807) is 6.92 Å². The molecule has 0 atom stereocenters. The Morgan fingerprint density at radius 1 is 1.05 bits per heavy atom. The molecule has 1 N–H and O–H groups in total. The minimum Gasteiger partial charge on any atom is 0 e. The van der Waals surface area contributed by atoms with Gasteiger partial charge in [-0.25, -0.2) is 0 Å². The molecule has 0 saturated carbocycles. The second-order valence-corrected chi connectivity index (χ2v) is 4.75. The molecule has 20 heavy (non-hydrogen) atoms. The monoisotopic (exact) mass is 1810 g/mol. The van der Waals surface area contributed by atoms with Crippen LogP contribution in [0.25, 0.3) is 0 Å². The van der Waals surface area contributed by atoms with Gasteiger partial charge in [0.05, 0.1) is 0 Å². The fraction of sp³-hybridized carbons (Fsp3) is 0.286. The molecule has 13 heteroatoms. The van der Waals surface area contributed by atoms with Crippen LogP contribution >= 0.6 is 0 Å². The van der Waals surface area contributed by atoms with Gasteiger partial charge in [0.1, 0.15) is 0 Å². The van der Waals surface area contributed by atoms with Crippen molar-refractivity contribution in [2.75, 3.05) is 0 Å². The average molecular weight is 1810 g/mol. The zero-order valence-corrected chi connectivity index (χ0v) is 36.3. The number of hydrogen-bond acceptors (Lipinski definition) is 2. The van der Waals surface area contributed by atoms with Crippen LogP contribution in [0.15, 0.2) is 14.1 Å². The Morgan fingerprint density at radius 2 is 1.40 bits per heavy atom. The molecule has 0 radical (unpaired) electrons. The van der Waals surface area contributed by atoms with Gasteiger partial charge in [0, 0.05) is 147 Å². The van der Waals surface area contributed by atoms with Crippen LogP contribution in [0.3, 0.4) is 0 Å². The summed E-state index contributed by atoms with van der Waals surface area (Å²) in [6, 6.07) is 0. The van der Waals surface area contributed by atoms with E-state index in [1.807, 2.05) is 0 Å². The number of aliphatic hydroxyl groups is 1. The van der Waals surface area contributed by atoms with Crippen molar-refractivity contribution in [3.8, 4) is 0 Å². The molecule has 0 unspecified atom stereocenters. The van der Waals surface area contributed by atoms with Gasteiger partial charge >= 0.3 is 98.7 Å². The fourth-order valence-electron chi connectivity index (χ4n) is 0.565. The summed E-state index contributed by atoms with van der Waals surface area (Å²) in [6.07, 6.45) is 2.56. The molecular weight excluding hydrogens is 1800 g/mol. The van der Waals surface area contributed by atoms with Crippen LogP contribution in [-0.2, 0) is 191 Å². The second kappa shape index (κ2) is 31.5. The summed E-state index contributed by atoms with van der Waals surface area (Å²) >= 11 is 1.94. The third-order valence-electron chi connectivity index (χ3n) is 1.03. The Bertz CT molecular complexity index is 319. The Balaban J connectivity index is -0.0000000343. The predicted molar refractivity (Wildman–Crippen MR) is 40.6 cm³/mol. The second-order valence-electron chi connectivity index (χ2n) is 1.98. The van der Waals surface area contributed by atoms with E-state index in [9.17, 15) is 9.90 Å². The van der Waals surface area contributed by atoms with Gasteiger partial charge in [-0.3, -0.25) is 0 Å². The molecule has 0 aliphatic carbocycles. The van der Waals surface area contributed by atoms with E-state index in [0.29, 0.717) is 0 Å². The Kier molecular flexibility index (Phi) is 78.4. The van der Waals surface area contributed by atoms with Crippen LogP contribution in [-0.4, -0.2) is 20.9 Å². The largest absolute Gasteiger partial charge is 0 e. The van der Waals surface area contributed by atoms with Gasteiger partial charge in [0.2, 0.25) is 0 Å². The maximum absolute atomic E-state index is 11.1.